The van der Waals surface area contributed by atoms with E-state index in [1.165, 1.54) is 23.5 Å². The van der Waals surface area contributed by atoms with Gasteiger partial charge in [-0.1, -0.05) is 37.6 Å². The molecule has 0 spiro atoms. The predicted octanol–water partition coefficient (Wildman–Crippen LogP) is 4.89. The molecule has 4 aromatic rings. The van der Waals surface area contributed by atoms with Crippen molar-refractivity contribution in [1.82, 2.24) is 9.88 Å². The number of nitrogens with zero attached hydrogens (tertiary/aromatic N) is 4. The summed E-state index contributed by atoms with van der Waals surface area (Å²) in [5, 5.41) is 10.1. The van der Waals surface area contributed by atoms with Gasteiger partial charge in [0.15, 0.2) is 0 Å². The van der Waals surface area contributed by atoms with Gasteiger partial charge in [-0.3, -0.25) is 14.8 Å². The molecule has 0 aliphatic carbocycles. The van der Waals surface area contributed by atoms with Gasteiger partial charge in [0.1, 0.15) is 28.5 Å². The van der Waals surface area contributed by atoms with Crippen molar-refractivity contribution >= 4 is 22.5 Å². The maximum Gasteiger partial charge on any atom is 0.250 e. The molecule has 34 heavy (non-hydrogen) atoms. The van der Waals surface area contributed by atoms with Crippen molar-refractivity contribution in [2.24, 2.45) is 0 Å². The van der Waals surface area contributed by atoms with Gasteiger partial charge in [-0.25, -0.2) is 4.39 Å². The molecule has 1 fully saturated rings. The molecule has 0 amide bonds. The van der Waals surface area contributed by atoms with Gasteiger partial charge < -0.3 is 0 Å². The molecular weight excluding hydrogens is 425 g/mol. The van der Waals surface area contributed by atoms with Gasteiger partial charge in [-0.05, 0) is 55.2 Å². The first-order chi connectivity index (χ1) is 16.6. The third-order valence-electron chi connectivity index (χ3n) is 7.05. The number of fused-ring (bicyclic) bond motifs is 3. The van der Waals surface area contributed by atoms with Crippen molar-refractivity contribution in [3.63, 3.8) is 0 Å². The molecule has 174 valence electrons. The number of anilines is 1. The normalized spacial score (nSPS) is 14.7. The van der Waals surface area contributed by atoms with Crippen LogP contribution >= 0.6 is 0 Å². The van der Waals surface area contributed by atoms with Crippen molar-refractivity contribution in [3.8, 4) is 6.07 Å². The fraction of sp³-hybridized carbons (Fsp3) is 0.357. The number of unbranched alkanes of at least 4 members (excludes halogenated alkanes) is 1. The van der Waals surface area contributed by atoms with E-state index < -0.39 is 0 Å². The highest BCUT2D eigenvalue weighted by Crippen LogP contribution is 2.30. The molecule has 2 aromatic carbocycles. The molecule has 1 saturated heterocycles. The molecule has 1 aliphatic rings. The minimum absolute atomic E-state index is 0.191. The smallest absolute Gasteiger partial charge is 0.250 e. The molecule has 6 heteroatoms. The number of para-hydroxylation sites is 2. The Hall–Kier alpha value is -3.43. The summed E-state index contributed by atoms with van der Waals surface area (Å²) in [4.78, 5) is 8.45. The number of hydrogen-bond acceptors (Lipinski definition) is 3. The van der Waals surface area contributed by atoms with E-state index in [9.17, 15) is 9.65 Å². The Morgan fingerprint density at radius 2 is 1.79 bits per heavy atom. The van der Waals surface area contributed by atoms with E-state index in [1.807, 2.05) is 18.2 Å². The molecule has 0 radical (unpaired) electrons. The predicted molar refractivity (Wildman–Crippen MR) is 133 cm³/mol. The standard InChI is InChI=1S/C28H30FN5/c1-3-4-7-23-20(2)24(18-30)27-31-25-8-5-6-9-26(25)34(27)28(23)33-16-14-32(15-17-33)19-21-10-12-22(29)13-11-21/h5-6,8-13H,3-4,7,14-17,19H2,1-2H3/p+1. The van der Waals surface area contributed by atoms with Gasteiger partial charge in [-0.15, -0.1) is 0 Å². The lowest BCUT2D eigenvalue weighted by Gasteiger charge is -2.34. The molecule has 0 saturated carbocycles. The maximum absolute atomic E-state index is 13.3. The van der Waals surface area contributed by atoms with Gasteiger partial charge in [-0.2, -0.15) is 9.66 Å². The van der Waals surface area contributed by atoms with Crippen molar-refractivity contribution in [2.45, 2.75) is 39.7 Å². The van der Waals surface area contributed by atoms with Gasteiger partial charge >= 0.3 is 0 Å². The van der Waals surface area contributed by atoms with Crippen LogP contribution in [0.15, 0.2) is 48.5 Å². The quantitative estimate of drug-likeness (QED) is 0.420. The lowest BCUT2D eigenvalue weighted by molar-refractivity contribution is -0.468. The second-order valence-electron chi connectivity index (χ2n) is 9.23. The highest BCUT2D eigenvalue weighted by atomic mass is 19.1. The molecule has 0 atom stereocenters. The monoisotopic (exact) mass is 456 g/mol. The van der Waals surface area contributed by atoms with Crippen LogP contribution in [0.2, 0.25) is 0 Å². The Bertz CT molecular complexity index is 1360. The van der Waals surface area contributed by atoms with E-state index in [4.69, 9.17) is 0 Å². The molecule has 2 aromatic heterocycles. The number of aromatic amines is 1. The Morgan fingerprint density at radius 3 is 2.50 bits per heavy atom. The summed E-state index contributed by atoms with van der Waals surface area (Å²) in [7, 11) is 0. The zero-order valence-electron chi connectivity index (χ0n) is 19.9. The van der Waals surface area contributed by atoms with Gasteiger partial charge in [0.2, 0.25) is 11.5 Å². The second kappa shape index (κ2) is 9.44. The zero-order chi connectivity index (χ0) is 23.7. The Balaban J connectivity index is 1.54. The number of nitrogens with one attached hydrogen (secondary N) is 1. The van der Waals surface area contributed by atoms with Crippen LogP contribution in [0.25, 0.3) is 16.7 Å². The largest absolute Gasteiger partial charge is 0.293 e. The molecule has 5 rings (SSSR count). The van der Waals surface area contributed by atoms with Crippen LogP contribution in [0.1, 0.15) is 42.0 Å². The summed E-state index contributed by atoms with van der Waals surface area (Å²) in [5.74, 6) is 1.03. The summed E-state index contributed by atoms with van der Waals surface area (Å²) < 4.78 is 15.6. The number of imidazole rings is 1. The molecule has 0 unspecified atom stereocenters. The van der Waals surface area contributed by atoms with Gasteiger partial charge in [0.05, 0.1) is 13.1 Å². The SMILES string of the molecule is CCCCc1c(C)c(C#N)c2[nH]c3ccccc3[n+]2c1N1CCN(Cc2ccc(F)cc2)CC1. The highest BCUT2D eigenvalue weighted by molar-refractivity contribution is 5.78. The minimum Gasteiger partial charge on any atom is -0.293 e. The van der Waals surface area contributed by atoms with E-state index in [2.05, 4.69) is 57.3 Å². The van der Waals surface area contributed by atoms with Crippen LogP contribution in [-0.2, 0) is 13.0 Å². The Kier molecular flexibility index (Phi) is 6.21. The molecular formula is C28H31FN5+. The molecule has 1 aliphatic heterocycles. The Morgan fingerprint density at radius 1 is 1.06 bits per heavy atom. The summed E-state index contributed by atoms with van der Waals surface area (Å²) in [6.07, 6.45) is 3.17. The topological polar surface area (TPSA) is 50.2 Å². The van der Waals surface area contributed by atoms with Crippen molar-refractivity contribution < 1.29 is 8.79 Å². The highest BCUT2D eigenvalue weighted by Gasteiger charge is 2.31. The lowest BCUT2D eigenvalue weighted by atomic mass is 9.99. The van der Waals surface area contributed by atoms with Crippen LogP contribution in [0.5, 0.6) is 0 Å². The number of aromatic nitrogens is 2. The van der Waals surface area contributed by atoms with E-state index in [1.54, 1.807) is 0 Å². The first-order valence-corrected chi connectivity index (χ1v) is 12.2. The molecule has 5 nitrogen and oxygen atoms in total. The van der Waals surface area contributed by atoms with Gasteiger partial charge in [0.25, 0.3) is 0 Å². The number of hydrogen-bond donors (Lipinski definition) is 1. The van der Waals surface area contributed by atoms with Crippen LogP contribution in [0, 0.1) is 24.1 Å². The third-order valence-corrected chi connectivity index (χ3v) is 7.05. The number of piperazine rings is 1. The van der Waals surface area contributed by atoms with E-state index in [0.717, 1.165) is 85.4 Å². The fourth-order valence-corrected chi connectivity index (χ4v) is 5.19. The first kappa shape index (κ1) is 22.4. The van der Waals surface area contributed by atoms with Crippen LogP contribution in [0.4, 0.5) is 10.2 Å². The number of pyridine rings is 1. The first-order valence-electron chi connectivity index (χ1n) is 12.2. The van der Waals surface area contributed by atoms with Crippen LogP contribution in [0.3, 0.4) is 0 Å². The summed E-state index contributed by atoms with van der Waals surface area (Å²) in [5.41, 5.74) is 7.28. The van der Waals surface area contributed by atoms with Gasteiger partial charge in [0, 0.05) is 25.2 Å². The molecule has 3 heterocycles. The number of nitriles is 1. The average Bonchev–Trinajstić information content (AvgIpc) is 3.23. The lowest BCUT2D eigenvalue weighted by Crippen LogP contribution is -2.49. The van der Waals surface area contributed by atoms with E-state index in [-0.39, 0.29) is 5.82 Å². The zero-order valence-corrected chi connectivity index (χ0v) is 19.9. The number of benzene rings is 2. The number of H-pyrrole nitrogens is 1. The number of rotatable bonds is 6. The summed E-state index contributed by atoms with van der Waals surface area (Å²) >= 11 is 0. The minimum atomic E-state index is -0.191. The molecule has 0 bridgehead atoms. The maximum atomic E-state index is 13.3. The van der Waals surface area contributed by atoms with Crippen molar-refractivity contribution in [1.29, 1.82) is 5.26 Å². The number of halogens is 1. The summed E-state index contributed by atoms with van der Waals surface area (Å²) in [6, 6.07) is 17.6. The summed E-state index contributed by atoms with van der Waals surface area (Å²) in [6.45, 7) is 8.84. The molecule has 1 N–H and O–H groups in total. The van der Waals surface area contributed by atoms with E-state index >= 15 is 0 Å². The Labute approximate surface area is 200 Å². The van der Waals surface area contributed by atoms with Crippen LogP contribution < -0.4 is 9.30 Å². The van der Waals surface area contributed by atoms with Crippen molar-refractivity contribution in [2.75, 3.05) is 31.1 Å². The van der Waals surface area contributed by atoms with Crippen LogP contribution in [-0.4, -0.2) is 36.1 Å². The second-order valence-corrected chi connectivity index (χ2v) is 9.23. The fourth-order valence-electron chi connectivity index (χ4n) is 5.19. The van der Waals surface area contributed by atoms with Crippen molar-refractivity contribution in [3.05, 3.63) is 76.6 Å². The van der Waals surface area contributed by atoms with E-state index in [0.29, 0.717) is 0 Å². The average molecular weight is 457 g/mol. The third kappa shape index (κ3) is 4.01.